The summed E-state index contributed by atoms with van der Waals surface area (Å²) in [6.07, 6.45) is 0.0518. The van der Waals surface area contributed by atoms with E-state index in [0.717, 1.165) is 0 Å². The minimum absolute atomic E-state index is 0.325. The van der Waals surface area contributed by atoms with Gasteiger partial charge in [-0.2, -0.15) is 0 Å². The smallest absolute Gasteiger partial charge is 0.155 e. The molecule has 0 bridgehead atoms. The minimum atomic E-state index is -3.24. The Morgan fingerprint density at radius 1 is 1.36 bits per heavy atom. The molecular weight excluding hydrogens is 206 g/mol. The van der Waals surface area contributed by atoms with Crippen LogP contribution in [0, 0.1) is 0 Å². The fourth-order valence-corrected chi connectivity index (χ4v) is 3.48. The Balaban J connectivity index is 2.54. The highest BCUT2D eigenvalue weighted by atomic mass is 32.2. The van der Waals surface area contributed by atoms with E-state index in [9.17, 15) is 8.42 Å². The second-order valence-corrected chi connectivity index (χ2v) is 5.94. The van der Waals surface area contributed by atoms with Gasteiger partial charge in [0, 0.05) is 0 Å². The van der Waals surface area contributed by atoms with Crippen LogP contribution in [0.2, 0.25) is 0 Å². The van der Waals surface area contributed by atoms with Crippen LogP contribution in [-0.2, 0) is 9.84 Å². The van der Waals surface area contributed by atoms with Crippen molar-refractivity contribution in [1.82, 2.24) is 5.32 Å². The fourth-order valence-electron chi connectivity index (χ4n) is 1.61. The van der Waals surface area contributed by atoms with Crippen molar-refractivity contribution in [3.8, 4) is 0 Å². The van der Waals surface area contributed by atoms with Crippen molar-refractivity contribution >= 4 is 9.84 Å². The quantitative estimate of drug-likeness (QED) is 0.540. The second-order valence-electron chi connectivity index (χ2n) is 3.62. The van der Waals surface area contributed by atoms with Crippen LogP contribution in [0.15, 0.2) is 0 Å². The van der Waals surface area contributed by atoms with Crippen molar-refractivity contribution in [2.75, 3.05) is 25.4 Å². The first-order chi connectivity index (χ1) is 6.56. The highest BCUT2D eigenvalue weighted by Gasteiger charge is 2.28. The van der Waals surface area contributed by atoms with Crippen LogP contribution in [0.5, 0.6) is 0 Å². The molecule has 1 rings (SSSR count). The minimum Gasteiger partial charge on any atom is -0.394 e. The first kappa shape index (κ1) is 11.9. The number of hydrogen-bond acceptors (Lipinski definition) is 5. The predicted molar refractivity (Wildman–Crippen MR) is 52.8 cm³/mol. The molecule has 3 N–H and O–H groups in total. The van der Waals surface area contributed by atoms with Crippen LogP contribution >= 0.6 is 0 Å². The van der Waals surface area contributed by atoms with Crippen molar-refractivity contribution < 1.29 is 18.6 Å². The summed E-state index contributed by atoms with van der Waals surface area (Å²) in [4.78, 5) is 0. The third kappa shape index (κ3) is 3.20. The molecule has 84 valence electrons. The largest absolute Gasteiger partial charge is 0.394 e. The molecule has 14 heavy (non-hydrogen) atoms. The normalized spacial score (nSPS) is 22.1. The summed E-state index contributed by atoms with van der Waals surface area (Å²) < 4.78 is 23.3. The highest BCUT2D eigenvalue weighted by Crippen LogP contribution is 2.14. The summed E-state index contributed by atoms with van der Waals surface area (Å²) in [6, 6.07) is 0. The first-order valence-electron chi connectivity index (χ1n) is 4.77. The van der Waals surface area contributed by atoms with Crippen LogP contribution < -0.4 is 5.32 Å². The number of nitrogens with one attached hydrogen (secondary N) is 1. The molecule has 1 aliphatic heterocycles. The molecule has 0 radical (unpaired) electrons. The topological polar surface area (TPSA) is 86.6 Å². The number of hydrogen-bond donors (Lipinski definition) is 3. The third-order valence-electron chi connectivity index (χ3n) is 2.43. The van der Waals surface area contributed by atoms with E-state index < -0.39 is 22.5 Å². The van der Waals surface area contributed by atoms with Crippen molar-refractivity contribution in [2.45, 2.75) is 24.2 Å². The van der Waals surface area contributed by atoms with E-state index in [0.29, 0.717) is 25.9 Å². The summed E-state index contributed by atoms with van der Waals surface area (Å²) in [5.41, 5.74) is 0. The number of aliphatic hydroxyl groups is 2. The summed E-state index contributed by atoms with van der Waals surface area (Å²) in [7, 11) is -3.24. The molecule has 0 aliphatic carbocycles. The maximum atomic E-state index is 11.7. The molecular formula is C8H17NO4S. The van der Waals surface area contributed by atoms with Gasteiger partial charge >= 0.3 is 0 Å². The zero-order chi connectivity index (χ0) is 10.6. The van der Waals surface area contributed by atoms with E-state index in [1.165, 1.54) is 0 Å². The van der Waals surface area contributed by atoms with Crippen molar-refractivity contribution in [3.05, 3.63) is 0 Å². The van der Waals surface area contributed by atoms with Gasteiger partial charge in [0.2, 0.25) is 0 Å². The molecule has 1 aliphatic rings. The molecule has 0 aromatic carbocycles. The van der Waals surface area contributed by atoms with Gasteiger partial charge in [-0.25, -0.2) is 8.42 Å². The average molecular weight is 223 g/mol. The van der Waals surface area contributed by atoms with E-state index in [2.05, 4.69) is 5.32 Å². The Labute approximate surface area is 84.1 Å². The fraction of sp³-hybridized carbons (Fsp3) is 1.00. The van der Waals surface area contributed by atoms with Gasteiger partial charge in [-0.1, -0.05) is 0 Å². The van der Waals surface area contributed by atoms with Crippen molar-refractivity contribution in [2.24, 2.45) is 0 Å². The van der Waals surface area contributed by atoms with Gasteiger partial charge in [0.15, 0.2) is 9.84 Å². The monoisotopic (exact) mass is 223 g/mol. The van der Waals surface area contributed by atoms with Crippen LogP contribution in [0.25, 0.3) is 0 Å². The lowest BCUT2D eigenvalue weighted by atomic mass is 10.2. The molecule has 0 saturated carbocycles. The van der Waals surface area contributed by atoms with Gasteiger partial charge < -0.3 is 15.5 Å². The third-order valence-corrected chi connectivity index (χ3v) is 4.77. The Morgan fingerprint density at radius 3 is 2.43 bits per heavy atom. The molecule has 1 heterocycles. The number of piperidine rings is 1. The van der Waals surface area contributed by atoms with Gasteiger partial charge in [-0.15, -0.1) is 0 Å². The maximum Gasteiger partial charge on any atom is 0.155 e. The standard InChI is InChI=1S/C8H17NO4S/c10-5-7(11)6-14(12,13)8-1-3-9-4-2-8/h7-11H,1-6H2. The lowest BCUT2D eigenvalue weighted by Crippen LogP contribution is -2.39. The van der Waals surface area contributed by atoms with Crippen LogP contribution in [0.4, 0.5) is 0 Å². The molecule has 0 aromatic heterocycles. The van der Waals surface area contributed by atoms with Crippen LogP contribution in [-0.4, -0.2) is 55.4 Å². The second kappa shape index (κ2) is 5.06. The zero-order valence-corrected chi connectivity index (χ0v) is 8.83. The number of aliphatic hydroxyl groups excluding tert-OH is 2. The molecule has 0 amide bonds. The molecule has 6 heteroatoms. The molecule has 5 nitrogen and oxygen atoms in total. The maximum absolute atomic E-state index is 11.7. The molecule has 1 unspecified atom stereocenters. The van der Waals surface area contributed by atoms with E-state index in [4.69, 9.17) is 10.2 Å². The molecule has 0 aromatic rings. The summed E-state index contributed by atoms with van der Waals surface area (Å²) in [5.74, 6) is -0.325. The van der Waals surface area contributed by atoms with Gasteiger partial charge in [0.05, 0.1) is 23.7 Å². The average Bonchev–Trinajstić information content (AvgIpc) is 2.18. The van der Waals surface area contributed by atoms with Gasteiger partial charge in [-0.05, 0) is 25.9 Å². The highest BCUT2D eigenvalue weighted by molar-refractivity contribution is 7.92. The first-order valence-corrected chi connectivity index (χ1v) is 6.49. The Bertz CT molecular complexity index is 259. The lowest BCUT2D eigenvalue weighted by Gasteiger charge is -2.23. The van der Waals surface area contributed by atoms with E-state index in [1.807, 2.05) is 0 Å². The van der Waals surface area contributed by atoms with E-state index in [-0.39, 0.29) is 11.0 Å². The molecule has 1 atom stereocenters. The summed E-state index contributed by atoms with van der Waals surface area (Å²) in [5, 5.41) is 20.4. The molecule has 1 saturated heterocycles. The summed E-state index contributed by atoms with van der Waals surface area (Å²) in [6.45, 7) is 0.919. The van der Waals surface area contributed by atoms with Gasteiger partial charge in [-0.3, -0.25) is 0 Å². The predicted octanol–water partition coefficient (Wildman–Crippen LogP) is -1.49. The zero-order valence-electron chi connectivity index (χ0n) is 8.02. The van der Waals surface area contributed by atoms with E-state index >= 15 is 0 Å². The Hall–Kier alpha value is -0.170. The molecule has 1 fully saturated rings. The Morgan fingerprint density at radius 2 is 1.93 bits per heavy atom. The van der Waals surface area contributed by atoms with Crippen molar-refractivity contribution in [1.29, 1.82) is 0 Å². The van der Waals surface area contributed by atoms with E-state index in [1.54, 1.807) is 0 Å². The lowest BCUT2D eigenvalue weighted by molar-refractivity contribution is 0.112. The molecule has 0 spiro atoms. The number of rotatable bonds is 4. The van der Waals surface area contributed by atoms with Gasteiger partial charge in [0.1, 0.15) is 0 Å². The van der Waals surface area contributed by atoms with Crippen LogP contribution in [0.3, 0.4) is 0 Å². The Kier molecular flexibility index (Phi) is 4.31. The van der Waals surface area contributed by atoms with Gasteiger partial charge in [0.25, 0.3) is 0 Å². The summed E-state index contributed by atoms with van der Waals surface area (Å²) >= 11 is 0. The number of sulfone groups is 1. The van der Waals surface area contributed by atoms with Crippen molar-refractivity contribution in [3.63, 3.8) is 0 Å². The SMILES string of the molecule is O=S(=O)(CC(O)CO)C1CCNCC1. The van der Waals surface area contributed by atoms with Crippen LogP contribution in [0.1, 0.15) is 12.8 Å².